The molecule has 0 bridgehead atoms. The van der Waals surface area contributed by atoms with Gasteiger partial charge in [0.15, 0.2) is 0 Å². The van der Waals surface area contributed by atoms with E-state index in [1.54, 1.807) is 0 Å². The first-order chi connectivity index (χ1) is 13.7. The molecule has 2 fully saturated rings. The zero-order valence-electron chi connectivity index (χ0n) is 18.1. The molecule has 0 aromatic rings. The Balaban J connectivity index is 1.56. The Bertz CT molecular complexity index is 518. The zero-order chi connectivity index (χ0) is 20.0. The van der Waals surface area contributed by atoms with Crippen LogP contribution in [0.2, 0.25) is 0 Å². The van der Waals surface area contributed by atoms with Crippen LogP contribution < -0.4 is 0 Å². The molecule has 2 rings (SSSR count). The van der Waals surface area contributed by atoms with Gasteiger partial charge in [-0.25, -0.2) is 0 Å². The van der Waals surface area contributed by atoms with Gasteiger partial charge in [-0.2, -0.15) is 0 Å². The van der Waals surface area contributed by atoms with E-state index in [0.717, 1.165) is 43.4 Å². The predicted molar refractivity (Wildman–Crippen MR) is 118 cm³/mol. The van der Waals surface area contributed by atoms with Gasteiger partial charge >= 0.3 is 5.97 Å². The smallest absolute Gasteiger partial charge is 0.303 e. The summed E-state index contributed by atoms with van der Waals surface area (Å²) >= 11 is 0. The van der Waals surface area contributed by atoms with Crippen molar-refractivity contribution in [1.82, 2.24) is 0 Å². The highest BCUT2D eigenvalue weighted by molar-refractivity contribution is 5.66. The summed E-state index contributed by atoms with van der Waals surface area (Å²) in [7, 11) is 0. The minimum Gasteiger partial charge on any atom is -0.481 e. The van der Waals surface area contributed by atoms with Crippen LogP contribution in [0, 0.1) is 35.5 Å². The topological polar surface area (TPSA) is 37.3 Å². The molecule has 2 aliphatic carbocycles. The second-order valence-corrected chi connectivity index (χ2v) is 9.23. The minimum atomic E-state index is -0.692. The van der Waals surface area contributed by atoms with Crippen LogP contribution in [0.15, 0.2) is 12.2 Å². The molecule has 0 aromatic heterocycles. The molecule has 158 valence electrons. The van der Waals surface area contributed by atoms with Crippen molar-refractivity contribution in [1.29, 1.82) is 0 Å². The molecule has 0 aliphatic heterocycles. The van der Waals surface area contributed by atoms with Gasteiger partial charge in [0.05, 0.1) is 0 Å². The average molecular weight is 387 g/mol. The number of carbonyl (C=O) groups is 1. The number of carboxylic acids is 1. The van der Waals surface area contributed by atoms with E-state index in [9.17, 15) is 4.79 Å². The van der Waals surface area contributed by atoms with Crippen molar-refractivity contribution in [2.45, 2.75) is 110 Å². The van der Waals surface area contributed by atoms with Crippen molar-refractivity contribution in [3.8, 4) is 11.8 Å². The fourth-order valence-electron chi connectivity index (χ4n) is 5.09. The van der Waals surface area contributed by atoms with Crippen molar-refractivity contribution < 1.29 is 9.90 Å². The van der Waals surface area contributed by atoms with Crippen LogP contribution in [0.25, 0.3) is 0 Å². The quantitative estimate of drug-likeness (QED) is 0.228. The van der Waals surface area contributed by atoms with Gasteiger partial charge in [0.2, 0.25) is 0 Å². The molecule has 2 nitrogen and oxygen atoms in total. The molecule has 0 spiro atoms. The molecule has 2 saturated carbocycles. The lowest BCUT2D eigenvalue weighted by Gasteiger charge is -2.27. The van der Waals surface area contributed by atoms with E-state index in [1.165, 1.54) is 70.6 Å². The normalized spacial score (nSPS) is 24.2. The molecular formula is C26H42O2. The van der Waals surface area contributed by atoms with Crippen molar-refractivity contribution in [3.63, 3.8) is 0 Å². The highest BCUT2D eigenvalue weighted by Gasteiger charge is 2.24. The Morgan fingerprint density at radius 2 is 1.86 bits per heavy atom. The molecule has 0 radical (unpaired) electrons. The summed E-state index contributed by atoms with van der Waals surface area (Å²) in [6.07, 6.45) is 23.7. The Morgan fingerprint density at radius 1 is 1.04 bits per heavy atom. The summed E-state index contributed by atoms with van der Waals surface area (Å²) in [4.78, 5) is 10.5. The lowest BCUT2D eigenvalue weighted by atomic mass is 9.79. The Morgan fingerprint density at radius 3 is 2.64 bits per heavy atom. The second-order valence-electron chi connectivity index (χ2n) is 9.23. The van der Waals surface area contributed by atoms with Gasteiger partial charge < -0.3 is 5.11 Å². The van der Waals surface area contributed by atoms with E-state index in [0.29, 0.717) is 5.92 Å². The van der Waals surface area contributed by atoms with Gasteiger partial charge in [-0.3, -0.25) is 4.79 Å². The lowest BCUT2D eigenvalue weighted by Crippen LogP contribution is -2.15. The van der Waals surface area contributed by atoms with E-state index < -0.39 is 5.97 Å². The van der Waals surface area contributed by atoms with Crippen molar-refractivity contribution >= 4 is 5.97 Å². The van der Waals surface area contributed by atoms with Crippen LogP contribution in [-0.2, 0) is 4.79 Å². The first-order valence-corrected chi connectivity index (χ1v) is 12.0. The monoisotopic (exact) mass is 386 g/mol. The van der Waals surface area contributed by atoms with Crippen LogP contribution in [-0.4, -0.2) is 11.1 Å². The Labute approximate surface area is 173 Å². The van der Waals surface area contributed by atoms with Crippen molar-refractivity contribution in [3.05, 3.63) is 12.2 Å². The fraction of sp³-hybridized carbons (Fsp3) is 0.808. The number of carboxylic acid groups (broad SMARTS) is 1. The molecule has 0 saturated heterocycles. The zero-order valence-corrected chi connectivity index (χ0v) is 18.1. The van der Waals surface area contributed by atoms with Crippen LogP contribution in [0.5, 0.6) is 0 Å². The highest BCUT2D eigenvalue weighted by atomic mass is 16.4. The standard InChI is InChI=1S/C26H42O2/c1-22(23-15-10-6-11-16-23)14-7-2-3-8-17-24-19-13-20-25(24)18-9-4-5-12-21-26(27)28/h4,9,22-25H,2-3,5-7,10-16,18-21H2,1H3,(H,27,28)/t22?,24-,25-/m0/s1. The van der Waals surface area contributed by atoms with Crippen LogP contribution in [0.3, 0.4) is 0 Å². The molecular weight excluding hydrogens is 344 g/mol. The van der Waals surface area contributed by atoms with Gasteiger partial charge in [0.1, 0.15) is 0 Å². The third-order valence-corrected chi connectivity index (χ3v) is 6.98. The first kappa shape index (κ1) is 23.1. The van der Waals surface area contributed by atoms with Crippen molar-refractivity contribution in [2.75, 3.05) is 0 Å². The molecule has 0 heterocycles. The molecule has 3 atom stereocenters. The molecule has 2 heteroatoms. The Hall–Kier alpha value is -1.23. The molecule has 28 heavy (non-hydrogen) atoms. The van der Waals surface area contributed by atoms with E-state index in [2.05, 4.69) is 30.9 Å². The third-order valence-electron chi connectivity index (χ3n) is 6.98. The van der Waals surface area contributed by atoms with Crippen LogP contribution in [0.1, 0.15) is 110 Å². The van der Waals surface area contributed by atoms with E-state index in [1.807, 2.05) is 0 Å². The third kappa shape index (κ3) is 9.31. The molecule has 0 amide bonds. The summed E-state index contributed by atoms with van der Waals surface area (Å²) in [6.45, 7) is 2.47. The van der Waals surface area contributed by atoms with Gasteiger partial charge in [0, 0.05) is 18.8 Å². The van der Waals surface area contributed by atoms with E-state index in [4.69, 9.17) is 5.11 Å². The minimum absolute atomic E-state index is 0.279. The number of allylic oxidation sites excluding steroid dienone is 2. The van der Waals surface area contributed by atoms with Crippen molar-refractivity contribution in [2.24, 2.45) is 23.7 Å². The average Bonchev–Trinajstić information content (AvgIpc) is 3.14. The van der Waals surface area contributed by atoms with Gasteiger partial charge in [0.25, 0.3) is 0 Å². The van der Waals surface area contributed by atoms with Crippen LogP contribution >= 0.6 is 0 Å². The predicted octanol–water partition coefficient (Wildman–Crippen LogP) is 7.38. The number of rotatable bonds is 11. The maximum atomic E-state index is 10.5. The summed E-state index contributed by atoms with van der Waals surface area (Å²) < 4.78 is 0. The number of hydrogen-bond donors (Lipinski definition) is 1. The Kier molecular flexibility index (Phi) is 11.4. The van der Waals surface area contributed by atoms with E-state index >= 15 is 0 Å². The fourth-order valence-corrected chi connectivity index (χ4v) is 5.09. The SMILES string of the molecule is CC(CCCCC#C[C@H]1CCC[C@@H]1CC=CCCCC(=O)O)C1CCCCC1. The van der Waals surface area contributed by atoms with Gasteiger partial charge in [-0.15, -0.1) is 5.92 Å². The van der Waals surface area contributed by atoms with E-state index in [-0.39, 0.29) is 6.42 Å². The summed E-state index contributed by atoms with van der Waals surface area (Å²) in [5.41, 5.74) is 0. The number of unbranched alkanes of at least 4 members (excludes halogenated alkanes) is 3. The molecule has 1 N–H and O–H groups in total. The largest absolute Gasteiger partial charge is 0.481 e. The molecule has 1 unspecified atom stereocenters. The van der Waals surface area contributed by atoms with Gasteiger partial charge in [-0.1, -0.05) is 76.4 Å². The number of aliphatic carboxylic acids is 1. The lowest BCUT2D eigenvalue weighted by molar-refractivity contribution is -0.137. The highest BCUT2D eigenvalue weighted by Crippen LogP contribution is 2.34. The summed E-state index contributed by atoms with van der Waals surface area (Å²) in [5, 5.41) is 8.66. The summed E-state index contributed by atoms with van der Waals surface area (Å²) in [5.74, 6) is 9.60. The van der Waals surface area contributed by atoms with Crippen LogP contribution in [0.4, 0.5) is 0 Å². The molecule has 0 aromatic carbocycles. The maximum Gasteiger partial charge on any atom is 0.303 e. The first-order valence-electron chi connectivity index (χ1n) is 12.0. The summed E-state index contributed by atoms with van der Waals surface area (Å²) in [6, 6.07) is 0. The van der Waals surface area contributed by atoms with Gasteiger partial charge in [-0.05, 0) is 56.3 Å². The number of hydrogen-bond acceptors (Lipinski definition) is 1. The second kappa shape index (κ2) is 13.9. The molecule has 2 aliphatic rings. The maximum absolute atomic E-state index is 10.5.